The highest BCUT2D eigenvalue weighted by Gasteiger charge is 2.26. The van der Waals surface area contributed by atoms with E-state index in [0.29, 0.717) is 29.4 Å². The maximum Gasteiger partial charge on any atom is 0.266 e. The van der Waals surface area contributed by atoms with Gasteiger partial charge in [0.25, 0.3) is 5.91 Å². The quantitative estimate of drug-likeness (QED) is 0.499. The van der Waals surface area contributed by atoms with Gasteiger partial charge in [0, 0.05) is 18.6 Å². The molecular weight excluding hydrogens is 400 g/mol. The number of amides is 1. The van der Waals surface area contributed by atoms with Gasteiger partial charge in [-0.3, -0.25) is 14.5 Å². The predicted octanol–water partition coefficient (Wildman–Crippen LogP) is 4.48. The molecule has 0 spiro atoms. The number of thiazole rings is 1. The maximum atomic E-state index is 13.1. The summed E-state index contributed by atoms with van der Waals surface area (Å²) in [5, 5.41) is 0.657. The van der Waals surface area contributed by atoms with Crippen LogP contribution in [0.4, 0.5) is 5.13 Å². The number of nitrogens with zero attached hydrogens (tertiary/aromatic N) is 2. The lowest BCUT2D eigenvalue weighted by atomic mass is 10.1. The molecule has 0 saturated carbocycles. The maximum absolute atomic E-state index is 13.1. The van der Waals surface area contributed by atoms with Crippen LogP contribution in [0.25, 0.3) is 10.2 Å². The van der Waals surface area contributed by atoms with Crippen molar-refractivity contribution in [2.24, 2.45) is 0 Å². The summed E-state index contributed by atoms with van der Waals surface area (Å²) in [7, 11) is 0. The molecule has 1 aliphatic rings. The van der Waals surface area contributed by atoms with Crippen LogP contribution in [0.2, 0.25) is 0 Å². The second-order valence-corrected chi connectivity index (χ2v) is 8.20. The van der Waals surface area contributed by atoms with Gasteiger partial charge in [-0.2, -0.15) is 0 Å². The molecule has 0 bridgehead atoms. The van der Waals surface area contributed by atoms with Gasteiger partial charge in [0.2, 0.25) is 0 Å². The van der Waals surface area contributed by atoms with Crippen LogP contribution in [-0.4, -0.2) is 42.5 Å². The van der Waals surface area contributed by atoms with Gasteiger partial charge in [0.05, 0.1) is 22.9 Å². The van der Waals surface area contributed by atoms with Crippen molar-refractivity contribution in [3.8, 4) is 5.75 Å². The Morgan fingerprint density at radius 1 is 1.20 bits per heavy atom. The number of rotatable bonds is 8. The molecule has 7 heteroatoms. The molecule has 0 aliphatic carbocycles. The van der Waals surface area contributed by atoms with Gasteiger partial charge in [0.1, 0.15) is 5.75 Å². The third-order valence-corrected chi connectivity index (χ3v) is 6.14. The molecule has 1 aliphatic heterocycles. The zero-order valence-corrected chi connectivity index (χ0v) is 17.7. The van der Waals surface area contributed by atoms with E-state index in [-0.39, 0.29) is 24.4 Å². The summed E-state index contributed by atoms with van der Waals surface area (Å²) in [6, 6.07) is 14.7. The molecule has 1 saturated heterocycles. The van der Waals surface area contributed by atoms with Gasteiger partial charge < -0.3 is 9.47 Å². The van der Waals surface area contributed by atoms with Crippen molar-refractivity contribution in [3.05, 3.63) is 54.1 Å². The van der Waals surface area contributed by atoms with Crippen LogP contribution < -0.4 is 9.64 Å². The Bertz CT molecular complexity index is 992. The van der Waals surface area contributed by atoms with Gasteiger partial charge in [-0.1, -0.05) is 30.4 Å². The molecule has 4 rings (SSSR count). The number of hydrogen-bond acceptors (Lipinski definition) is 6. The zero-order valence-electron chi connectivity index (χ0n) is 16.9. The molecule has 1 aromatic heterocycles. The Morgan fingerprint density at radius 2 is 2.00 bits per heavy atom. The normalized spacial score (nSPS) is 16.0. The largest absolute Gasteiger partial charge is 0.484 e. The summed E-state index contributed by atoms with van der Waals surface area (Å²) in [4.78, 5) is 31.1. The van der Waals surface area contributed by atoms with E-state index in [4.69, 9.17) is 9.47 Å². The lowest BCUT2D eigenvalue weighted by Crippen LogP contribution is -2.40. The fourth-order valence-corrected chi connectivity index (χ4v) is 4.41. The Balaban J connectivity index is 1.48. The number of fused-ring (bicyclic) bond motifs is 1. The number of para-hydroxylation sites is 1. The zero-order chi connectivity index (χ0) is 20.9. The van der Waals surface area contributed by atoms with Crippen LogP contribution in [-0.2, 0) is 9.53 Å². The fourth-order valence-electron chi connectivity index (χ4n) is 3.42. The third-order valence-electron chi connectivity index (χ3n) is 5.08. The van der Waals surface area contributed by atoms with E-state index in [9.17, 15) is 9.59 Å². The van der Waals surface area contributed by atoms with Crippen molar-refractivity contribution in [1.29, 1.82) is 0 Å². The molecule has 1 amide bonds. The number of benzene rings is 2. The number of hydrogen-bond donors (Lipinski definition) is 0. The minimum Gasteiger partial charge on any atom is -0.484 e. The smallest absolute Gasteiger partial charge is 0.266 e. The molecule has 1 unspecified atom stereocenters. The van der Waals surface area contributed by atoms with Crippen LogP contribution in [0.5, 0.6) is 5.75 Å². The monoisotopic (exact) mass is 424 g/mol. The standard InChI is InChI=1S/C23H24N2O4S/c1-2-20(26)16-9-11-17(12-10-16)29-15-22(27)25(14-18-6-5-13-28-18)23-24-19-7-3-4-8-21(19)30-23/h3-4,7-12,18H,2,5-6,13-15H2,1H3. The number of Topliss-reactive ketones (excluding diaryl/α,β-unsaturated/α-hetero) is 1. The molecule has 30 heavy (non-hydrogen) atoms. The second kappa shape index (κ2) is 9.36. The van der Waals surface area contributed by atoms with Gasteiger partial charge in [-0.05, 0) is 49.2 Å². The van der Waals surface area contributed by atoms with Gasteiger partial charge in [-0.15, -0.1) is 0 Å². The first-order valence-electron chi connectivity index (χ1n) is 10.2. The number of carbonyl (C=O) groups excluding carboxylic acids is 2. The summed E-state index contributed by atoms with van der Waals surface area (Å²) in [5.41, 5.74) is 1.52. The molecule has 3 aromatic rings. The molecule has 2 aromatic carbocycles. The highest BCUT2D eigenvalue weighted by molar-refractivity contribution is 7.22. The molecule has 6 nitrogen and oxygen atoms in total. The van der Waals surface area contributed by atoms with E-state index in [2.05, 4.69) is 4.98 Å². The molecule has 1 fully saturated rings. The molecule has 0 N–H and O–H groups in total. The Kier molecular flexibility index (Phi) is 6.40. The van der Waals surface area contributed by atoms with Gasteiger partial charge in [-0.25, -0.2) is 4.98 Å². The summed E-state index contributed by atoms with van der Waals surface area (Å²) in [6.45, 7) is 2.91. The molecule has 2 heterocycles. The van der Waals surface area contributed by atoms with Crippen molar-refractivity contribution in [2.45, 2.75) is 32.3 Å². The van der Waals surface area contributed by atoms with Crippen LogP contribution in [0.3, 0.4) is 0 Å². The van der Waals surface area contributed by atoms with E-state index in [1.165, 1.54) is 11.3 Å². The summed E-state index contributed by atoms with van der Waals surface area (Å²) in [5.74, 6) is 0.465. The first-order chi connectivity index (χ1) is 14.6. The van der Waals surface area contributed by atoms with Crippen LogP contribution in [0.15, 0.2) is 48.5 Å². The van der Waals surface area contributed by atoms with Gasteiger partial charge >= 0.3 is 0 Å². The van der Waals surface area contributed by atoms with Crippen molar-refractivity contribution in [2.75, 3.05) is 24.7 Å². The first-order valence-corrected chi connectivity index (χ1v) is 11.0. The fraction of sp³-hybridized carbons (Fsp3) is 0.348. The minimum absolute atomic E-state index is 0.0142. The van der Waals surface area contributed by atoms with Crippen molar-refractivity contribution in [3.63, 3.8) is 0 Å². The Labute approximate surface area is 179 Å². The average molecular weight is 425 g/mol. The van der Waals surface area contributed by atoms with Crippen LogP contribution >= 0.6 is 11.3 Å². The van der Waals surface area contributed by atoms with E-state index in [1.54, 1.807) is 29.2 Å². The molecule has 156 valence electrons. The van der Waals surface area contributed by atoms with Crippen molar-refractivity contribution in [1.82, 2.24) is 4.98 Å². The van der Waals surface area contributed by atoms with E-state index >= 15 is 0 Å². The lowest BCUT2D eigenvalue weighted by Gasteiger charge is -2.23. The highest BCUT2D eigenvalue weighted by atomic mass is 32.1. The van der Waals surface area contributed by atoms with E-state index in [0.717, 1.165) is 29.7 Å². The SMILES string of the molecule is CCC(=O)c1ccc(OCC(=O)N(CC2CCCO2)c2nc3ccccc3s2)cc1. The predicted molar refractivity (Wildman–Crippen MR) is 118 cm³/mol. The minimum atomic E-state index is -0.168. The van der Waals surface area contributed by atoms with E-state index in [1.807, 2.05) is 31.2 Å². The lowest BCUT2D eigenvalue weighted by molar-refractivity contribution is -0.120. The molecule has 0 radical (unpaired) electrons. The van der Waals surface area contributed by atoms with Gasteiger partial charge in [0.15, 0.2) is 17.5 Å². The van der Waals surface area contributed by atoms with Crippen LogP contribution in [0, 0.1) is 0 Å². The van der Waals surface area contributed by atoms with Crippen molar-refractivity contribution < 1.29 is 19.1 Å². The number of ether oxygens (including phenoxy) is 2. The Morgan fingerprint density at radius 3 is 2.70 bits per heavy atom. The Hall–Kier alpha value is -2.77. The number of ketones is 1. The molecular formula is C23H24N2O4S. The topological polar surface area (TPSA) is 68.7 Å². The van der Waals surface area contributed by atoms with Crippen molar-refractivity contribution >= 4 is 38.4 Å². The summed E-state index contributed by atoms with van der Waals surface area (Å²) in [6.07, 6.45) is 2.41. The van der Waals surface area contributed by atoms with E-state index < -0.39 is 0 Å². The van der Waals surface area contributed by atoms with Crippen LogP contribution in [0.1, 0.15) is 36.5 Å². The third kappa shape index (κ3) is 4.68. The second-order valence-electron chi connectivity index (χ2n) is 7.19. The summed E-state index contributed by atoms with van der Waals surface area (Å²) >= 11 is 1.49. The number of aromatic nitrogens is 1. The number of carbonyl (C=O) groups is 2. The highest BCUT2D eigenvalue weighted by Crippen LogP contribution is 2.30. The average Bonchev–Trinajstić information content (AvgIpc) is 3.45. The first kappa shape index (κ1) is 20.5. The number of anilines is 1. The summed E-state index contributed by atoms with van der Waals surface area (Å²) < 4.78 is 12.5. The molecule has 1 atom stereocenters.